The van der Waals surface area contributed by atoms with E-state index in [0.717, 1.165) is 18.5 Å². The molecule has 0 bridgehead atoms. The molecule has 0 radical (unpaired) electrons. The molecule has 1 aliphatic rings. The van der Waals surface area contributed by atoms with Crippen LogP contribution >= 0.6 is 11.3 Å². The minimum absolute atomic E-state index is 0.725. The van der Waals surface area contributed by atoms with Crippen LogP contribution < -0.4 is 5.32 Å². The van der Waals surface area contributed by atoms with E-state index in [1.165, 1.54) is 34.9 Å². The molecule has 0 spiro atoms. The number of thiophene rings is 1. The molecular weight excluding hydrogens is 226 g/mol. The van der Waals surface area contributed by atoms with Crippen LogP contribution in [0.25, 0.3) is 10.1 Å². The SMILES string of the molecule is CC(CNC1CC1)Cc1cccc2ccsc12. The van der Waals surface area contributed by atoms with Crippen LogP contribution in [-0.4, -0.2) is 12.6 Å². The van der Waals surface area contributed by atoms with Gasteiger partial charge in [0.05, 0.1) is 0 Å². The fourth-order valence-electron chi connectivity index (χ4n) is 2.32. The molecule has 0 saturated heterocycles. The minimum atomic E-state index is 0.725. The number of hydrogen-bond acceptors (Lipinski definition) is 2. The molecule has 1 aliphatic carbocycles. The van der Waals surface area contributed by atoms with E-state index in [0.29, 0.717) is 0 Å². The van der Waals surface area contributed by atoms with E-state index in [1.54, 1.807) is 0 Å². The van der Waals surface area contributed by atoms with Crippen molar-refractivity contribution in [2.45, 2.75) is 32.2 Å². The Morgan fingerprint density at radius 2 is 2.24 bits per heavy atom. The Morgan fingerprint density at radius 3 is 3.06 bits per heavy atom. The Hall–Kier alpha value is -0.860. The summed E-state index contributed by atoms with van der Waals surface area (Å²) in [6.07, 6.45) is 3.96. The van der Waals surface area contributed by atoms with Crippen LogP contribution in [0, 0.1) is 5.92 Å². The first-order valence-corrected chi connectivity index (χ1v) is 7.39. The molecule has 2 aromatic rings. The summed E-state index contributed by atoms with van der Waals surface area (Å²) in [5, 5.41) is 7.22. The highest BCUT2D eigenvalue weighted by atomic mass is 32.1. The Balaban J connectivity index is 1.68. The third kappa shape index (κ3) is 2.70. The van der Waals surface area contributed by atoms with Gasteiger partial charge in [-0.2, -0.15) is 0 Å². The zero-order valence-electron chi connectivity index (χ0n) is 10.3. The summed E-state index contributed by atoms with van der Waals surface area (Å²) in [4.78, 5) is 0. The number of fused-ring (bicyclic) bond motifs is 1. The van der Waals surface area contributed by atoms with Crippen LogP contribution in [0.1, 0.15) is 25.3 Å². The van der Waals surface area contributed by atoms with Crippen molar-refractivity contribution < 1.29 is 0 Å². The van der Waals surface area contributed by atoms with Crippen molar-refractivity contribution in [3.05, 3.63) is 35.2 Å². The van der Waals surface area contributed by atoms with E-state index >= 15 is 0 Å². The maximum Gasteiger partial charge on any atom is 0.0374 e. The average molecular weight is 245 g/mol. The maximum atomic E-state index is 3.62. The molecule has 1 unspecified atom stereocenters. The second-order valence-corrected chi connectivity index (χ2v) is 6.16. The maximum absolute atomic E-state index is 3.62. The minimum Gasteiger partial charge on any atom is -0.314 e. The van der Waals surface area contributed by atoms with Crippen molar-refractivity contribution in [2.24, 2.45) is 5.92 Å². The molecular formula is C15H19NS. The van der Waals surface area contributed by atoms with E-state index in [2.05, 4.69) is 41.9 Å². The van der Waals surface area contributed by atoms with Gasteiger partial charge in [0.25, 0.3) is 0 Å². The van der Waals surface area contributed by atoms with Crippen molar-refractivity contribution in [3.8, 4) is 0 Å². The highest BCUT2D eigenvalue weighted by Gasteiger charge is 2.20. The van der Waals surface area contributed by atoms with Crippen LogP contribution in [0.15, 0.2) is 29.6 Å². The summed E-state index contributed by atoms with van der Waals surface area (Å²) in [6, 6.07) is 9.73. The number of rotatable bonds is 5. The van der Waals surface area contributed by atoms with Crippen LogP contribution in [-0.2, 0) is 6.42 Å². The summed E-state index contributed by atoms with van der Waals surface area (Å²) in [7, 11) is 0. The van der Waals surface area contributed by atoms with Crippen molar-refractivity contribution >= 4 is 21.4 Å². The van der Waals surface area contributed by atoms with Crippen molar-refractivity contribution in [1.29, 1.82) is 0 Å². The van der Waals surface area contributed by atoms with Crippen molar-refractivity contribution in [2.75, 3.05) is 6.54 Å². The Bertz CT molecular complexity index is 498. The van der Waals surface area contributed by atoms with Crippen LogP contribution in [0.5, 0.6) is 0 Å². The molecule has 1 fully saturated rings. The molecule has 1 saturated carbocycles. The molecule has 1 aromatic heterocycles. The van der Waals surface area contributed by atoms with Crippen LogP contribution in [0.3, 0.4) is 0 Å². The molecule has 90 valence electrons. The number of benzene rings is 1. The summed E-state index contributed by atoms with van der Waals surface area (Å²) < 4.78 is 1.48. The number of hydrogen-bond donors (Lipinski definition) is 1. The fraction of sp³-hybridized carbons (Fsp3) is 0.467. The number of nitrogens with one attached hydrogen (secondary N) is 1. The van der Waals surface area contributed by atoms with Gasteiger partial charge in [0, 0.05) is 10.7 Å². The predicted octanol–water partition coefficient (Wildman–Crippen LogP) is 3.83. The standard InChI is InChI=1S/C15H19NS/c1-11(10-16-14-5-6-14)9-13-4-2-3-12-7-8-17-15(12)13/h2-4,7-8,11,14,16H,5-6,9-10H2,1H3. The highest BCUT2D eigenvalue weighted by molar-refractivity contribution is 7.17. The molecule has 3 rings (SSSR count). The first kappa shape index (κ1) is 11.2. The molecule has 1 aromatic carbocycles. The van der Waals surface area contributed by atoms with E-state index in [9.17, 15) is 0 Å². The van der Waals surface area contributed by atoms with Gasteiger partial charge in [0.1, 0.15) is 0 Å². The lowest BCUT2D eigenvalue weighted by Crippen LogP contribution is -2.24. The highest BCUT2D eigenvalue weighted by Crippen LogP contribution is 2.26. The third-order valence-corrected chi connectivity index (χ3v) is 4.47. The molecule has 1 nitrogen and oxygen atoms in total. The smallest absolute Gasteiger partial charge is 0.0374 e. The van der Waals surface area contributed by atoms with Gasteiger partial charge in [-0.3, -0.25) is 0 Å². The van der Waals surface area contributed by atoms with Gasteiger partial charge in [-0.15, -0.1) is 11.3 Å². The second kappa shape index (κ2) is 4.79. The van der Waals surface area contributed by atoms with Gasteiger partial charge in [0.15, 0.2) is 0 Å². The summed E-state index contributed by atoms with van der Waals surface area (Å²) in [5.74, 6) is 0.725. The predicted molar refractivity (Wildman–Crippen MR) is 75.7 cm³/mol. The molecule has 17 heavy (non-hydrogen) atoms. The first-order valence-electron chi connectivity index (χ1n) is 6.51. The Kier molecular flexibility index (Phi) is 3.17. The molecule has 1 heterocycles. The van der Waals surface area contributed by atoms with E-state index in [4.69, 9.17) is 0 Å². The molecule has 1 atom stereocenters. The quantitative estimate of drug-likeness (QED) is 0.844. The average Bonchev–Trinajstić information content (AvgIpc) is 3.03. The van der Waals surface area contributed by atoms with Gasteiger partial charge in [-0.1, -0.05) is 25.1 Å². The molecule has 0 aliphatic heterocycles. The molecule has 2 heteroatoms. The van der Waals surface area contributed by atoms with Crippen molar-refractivity contribution in [3.63, 3.8) is 0 Å². The summed E-state index contributed by atoms with van der Waals surface area (Å²) in [5.41, 5.74) is 1.52. The van der Waals surface area contributed by atoms with E-state index in [1.807, 2.05) is 11.3 Å². The third-order valence-electron chi connectivity index (χ3n) is 3.46. The summed E-state index contributed by atoms with van der Waals surface area (Å²) in [6.45, 7) is 3.51. The van der Waals surface area contributed by atoms with Gasteiger partial charge in [-0.25, -0.2) is 0 Å². The van der Waals surface area contributed by atoms with Gasteiger partial charge in [-0.05, 0) is 54.1 Å². The van der Waals surface area contributed by atoms with Gasteiger partial charge >= 0.3 is 0 Å². The monoisotopic (exact) mass is 245 g/mol. The fourth-order valence-corrected chi connectivity index (χ4v) is 3.24. The topological polar surface area (TPSA) is 12.0 Å². The van der Waals surface area contributed by atoms with Crippen molar-refractivity contribution in [1.82, 2.24) is 5.32 Å². The van der Waals surface area contributed by atoms with Gasteiger partial charge < -0.3 is 5.32 Å². The van der Waals surface area contributed by atoms with E-state index in [-0.39, 0.29) is 0 Å². The lowest BCUT2D eigenvalue weighted by molar-refractivity contribution is 0.510. The second-order valence-electron chi connectivity index (χ2n) is 5.25. The lowest BCUT2D eigenvalue weighted by Gasteiger charge is -2.12. The lowest BCUT2D eigenvalue weighted by atomic mass is 10.00. The normalized spacial score (nSPS) is 17.5. The van der Waals surface area contributed by atoms with E-state index < -0.39 is 0 Å². The Labute approximate surface area is 107 Å². The van der Waals surface area contributed by atoms with Crippen LogP contribution in [0.4, 0.5) is 0 Å². The summed E-state index contributed by atoms with van der Waals surface area (Å²) >= 11 is 1.87. The van der Waals surface area contributed by atoms with Crippen LogP contribution in [0.2, 0.25) is 0 Å². The zero-order chi connectivity index (χ0) is 11.7. The molecule has 1 N–H and O–H groups in total. The Morgan fingerprint density at radius 1 is 1.35 bits per heavy atom. The molecule has 0 amide bonds. The first-order chi connectivity index (χ1) is 8.33. The van der Waals surface area contributed by atoms with Gasteiger partial charge in [0.2, 0.25) is 0 Å². The zero-order valence-corrected chi connectivity index (χ0v) is 11.1. The largest absolute Gasteiger partial charge is 0.314 e.